The fraction of sp³-hybridized carbons (Fsp3) is 0.577. The second kappa shape index (κ2) is 15.8. The summed E-state index contributed by atoms with van der Waals surface area (Å²) in [6.45, 7) is 5.71. The Kier molecular flexibility index (Phi) is 13.7. The summed E-state index contributed by atoms with van der Waals surface area (Å²) in [6.07, 6.45) is 19.2. The fourth-order valence-electron chi connectivity index (χ4n) is 3.33. The van der Waals surface area contributed by atoms with Gasteiger partial charge in [-0.25, -0.2) is 0 Å². The van der Waals surface area contributed by atoms with E-state index < -0.39 is 0 Å². The van der Waals surface area contributed by atoms with Crippen molar-refractivity contribution < 1.29 is 14.3 Å². The van der Waals surface area contributed by atoms with E-state index in [1.54, 1.807) is 7.11 Å². The highest BCUT2D eigenvalue weighted by molar-refractivity contribution is 5.69. The Morgan fingerprint density at radius 3 is 2.38 bits per heavy atom. The molecule has 2 rings (SSSR count). The quantitative estimate of drug-likeness (QED) is 0.240. The van der Waals surface area contributed by atoms with Crippen LogP contribution in [0.3, 0.4) is 0 Å². The van der Waals surface area contributed by atoms with Gasteiger partial charge in [-0.1, -0.05) is 49.3 Å². The third kappa shape index (κ3) is 12.9. The smallest absolute Gasteiger partial charge is 0.306 e. The van der Waals surface area contributed by atoms with Gasteiger partial charge in [-0.3, -0.25) is 4.79 Å². The number of methoxy groups -OCH3 is 1. The number of ether oxygens (including phenoxy) is 2. The van der Waals surface area contributed by atoms with Gasteiger partial charge in [0.05, 0.1) is 13.2 Å². The Bertz CT molecular complexity index is 593. The molecule has 1 aromatic carbocycles. The molecule has 1 fully saturated rings. The van der Waals surface area contributed by atoms with Crippen molar-refractivity contribution >= 4 is 5.97 Å². The van der Waals surface area contributed by atoms with E-state index in [-0.39, 0.29) is 12.1 Å². The summed E-state index contributed by atoms with van der Waals surface area (Å²) >= 11 is 0. The van der Waals surface area contributed by atoms with Crippen LogP contribution in [0, 0.1) is 5.92 Å². The van der Waals surface area contributed by atoms with Gasteiger partial charge in [0.2, 0.25) is 0 Å². The number of allylic oxidation sites excluding steroid dienone is 4. The molecule has 0 unspecified atom stereocenters. The molecule has 0 spiro atoms. The molecule has 0 aromatic heterocycles. The molecule has 0 heterocycles. The molecule has 1 saturated carbocycles. The van der Waals surface area contributed by atoms with Gasteiger partial charge in [0.25, 0.3) is 0 Å². The topological polar surface area (TPSA) is 35.5 Å². The largest absolute Gasteiger partial charge is 0.497 e. The minimum absolute atomic E-state index is 0.0132. The lowest BCUT2D eigenvalue weighted by atomic mass is 10.1. The Morgan fingerprint density at radius 1 is 1.10 bits per heavy atom. The second-order valence-electron chi connectivity index (χ2n) is 7.86. The van der Waals surface area contributed by atoms with Crippen molar-refractivity contribution in [2.75, 3.05) is 7.11 Å². The summed E-state index contributed by atoms with van der Waals surface area (Å²) < 4.78 is 10.1. The van der Waals surface area contributed by atoms with Gasteiger partial charge in [-0.15, -0.1) is 0 Å². The number of benzene rings is 1. The van der Waals surface area contributed by atoms with Crippen molar-refractivity contribution in [1.82, 2.24) is 0 Å². The summed E-state index contributed by atoms with van der Waals surface area (Å²) in [7, 11) is 1.71. The molecule has 1 aliphatic rings. The molecule has 0 radical (unpaired) electrons. The maximum atomic E-state index is 11.0. The normalized spacial score (nSPS) is 14.4. The summed E-state index contributed by atoms with van der Waals surface area (Å²) in [6, 6.07) is 8.39. The van der Waals surface area contributed by atoms with Crippen LogP contribution in [-0.2, 0) is 16.0 Å². The van der Waals surface area contributed by atoms with Gasteiger partial charge in [0, 0.05) is 6.42 Å². The third-order valence-electron chi connectivity index (χ3n) is 4.92. The molecule has 0 aliphatic heterocycles. The average molecular weight is 401 g/mol. The molecular formula is C26H40O3. The van der Waals surface area contributed by atoms with Gasteiger partial charge < -0.3 is 9.47 Å². The van der Waals surface area contributed by atoms with Crippen LogP contribution in [0.2, 0.25) is 0 Å². The van der Waals surface area contributed by atoms with E-state index in [0.29, 0.717) is 6.42 Å². The Labute approximate surface area is 178 Å². The first-order valence-corrected chi connectivity index (χ1v) is 11.1. The summed E-state index contributed by atoms with van der Waals surface area (Å²) in [5.41, 5.74) is 1.39. The average Bonchev–Trinajstić information content (AvgIpc) is 3.23. The lowest BCUT2D eigenvalue weighted by Gasteiger charge is -2.06. The van der Waals surface area contributed by atoms with Gasteiger partial charge in [0.1, 0.15) is 5.75 Å². The molecule has 0 amide bonds. The van der Waals surface area contributed by atoms with Crippen LogP contribution in [0.25, 0.3) is 0 Å². The number of hydrogen-bond acceptors (Lipinski definition) is 3. The van der Waals surface area contributed by atoms with Gasteiger partial charge >= 0.3 is 5.97 Å². The van der Waals surface area contributed by atoms with Crippen LogP contribution in [0.5, 0.6) is 5.75 Å². The summed E-state index contributed by atoms with van der Waals surface area (Å²) in [5, 5.41) is 0. The van der Waals surface area contributed by atoms with E-state index in [0.717, 1.165) is 37.4 Å². The zero-order chi connectivity index (χ0) is 21.3. The number of carbonyl (C=O) groups is 1. The highest BCUT2D eigenvalue weighted by Gasteiger charge is 2.10. The lowest BCUT2D eigenvalue weighted by molar-refractivity contribution is -0.147. The molecule has 0 saturated heterocycles. The molecule has 29 heavy (non-hydrogen) atoms. The lowest BCUT2D eigenvalue weighted by Crippen LogP contribution is -2.10. The molecule has 0 atom stereocenters. The highest BCUT2D eigenvalue weighted by atomic mass is 16.5. The van der Waals surface area contributed by atoms with Gasteiger partial charge in [-0.2, -0.15) is 0 Å². The number of esters is 1. The van der Waals surface area contributed by atoms with Crippen LogP contribution in [0.15, 0.2) is 48.6 Å². The Balaban J connectivity index is 0.000000311. The van der Waals surface area contributed by atoms with Crippen LogP contribution < -0.4 is 4.74 Å². The monoisotopic (exact) mass is 400 g/mol. The second-order valence-corrected chi connectivity index (χ2v) is 7.86. The molecule has 3 heteroatoms. The van der Waals surface area contributed by atoms with Crippen molar-refractivity contribution in [3.63, 3.8) is 0 Å². The number of hydrogen-bond donors (Lipinski definition) is 0. The Hall–Kier alpha value is -2.03. The van der Waals surface area contributed by atoms with E-state index >= 15 is 0 Å². The van der Waals surface area contributed by atoms with E-state index in [9.17, 15) is 4.79 Å². The third-order valence-corrected chi connectivity index (χ3v) is 4.92. The van der Waals surface area contributed by atoms with Crippen molar-refractivity contribution in [2.24, 2.45) is 5.92 Å². The predicted octanol–water partition coefficient (Wildman–Crippen LogP) is 7.06. The van der Waals surface area contributed by atoms with Crippen LogP contribution >= 0.6 is 0 Å². The zero-order valence-corrected chi connectivity index (χ0v) is 18.9. The molecule has 3 nitrogen and oxygen atoms in total. The molecule has 1 aliphatic carbocycles. The van der Waals surface area contributed by atoms with Crippen LogP contribution in [0.1, 0.15) is 77.7 Å². The fourth-order valence-corrected chi connectivity index (χ4v) is 3.33. The van der Waals surface area contributed by atoms with Crippen molar-refractivity contribution in [1.29, 1.82) is 0 Å². The number of aryl methyl sites for hydroxylation is 1. The van der Waals surface area contributed by atoms with E-state index in [1.165, 1.54) is 31.2 Å². The first kappa shape index (κ1) is 25.0. The van der Waals surface area contributed by atoms with Gasteiger partial charge in [-0.05, 0) is 82.9 Å². The maximum absolute atomic E-state index is 11.0. The van der Waals surface area contributed by atoms with Crippen LogP contribution in [0.4, 0.5) is 0 Å². The van der Waals surface area contributed by atoms with Crippen molar-refractivity contribution in [3.05, 3.63) is 54.1 Å². The summed E-state index contributed by atoms with van der Waals surface area (Å²) in [5.74, 6) is 1.72. The number of carbonyl (C=O) groups excluding carboxylic acids is 1. The molecule has 0 N–H and O–H groups in total. The van der Waals surface area contributed by atoms with Gasteiger partial charge in [0.15, 0.2) is 0 Å². The minimum Gasteiger partial charge on any atom is -0.497 e. The SMILES string of the molecule is C/C=C\CCCC(=O)OC(C)C.COc1ccc(CC/C=C/C2CCCC2)cc1. The van der Waals surface area contributed by atoms with Crippen molar-refractivity contribution in [3.8, 4) is 5.75 Å². The minimum atomic E-state index is -0.0884. The summed E-state index contributed by atoms with van der Waals surface area (Å²) in [4.78, 5) is 11.0. The highest BCUT2D eigenvalue weighted by Crippen LogP contribution is 2.25. The molecule has 1 aromatic rings. The van der Waals surface area contributed by atoms with Crippen molar-refractivity contribution in [2.45, 2.75) is 84.7 Å². The molecule has 0 bridgehead atoms. The van der Waals surface area contributed by atoms with Crippen LogP contribution in [-0.4, -0.2) is 19.2 Å². The standard InChI is InChI=1S/C16H22O.C10H18O2/c1-17-16-12-10-15(11-13-16)9-5-4-8-14-6-2-3-7-14;1-4-5-6-7-8-10(11)12-9(2)3/h4,8,10-14H,2-3,5-7,9H2,1H3;4-5,9H,6-8H2,1-3H3/b8-4+;5-4-. The maximum Gasteiger partial charge on any atom is 0.306 e. The number of unbranched alkanes of at least 4 members (excludes halogenated alkanes) is 1. The predicted molar refractivity (Wildman–Crippen MR) is 122 cm³/mol. The Morgan fingerprint density at radius 2 is 1.79 bits per heavy atom. The number of rotatable bonds is 10. The van der Waals surface area contributed by atoms with E-state index in [2.05, 4.69) is 30.4 Å². The molecular weight excluding hydrogens is 360 g/mol. The zero-order valence-electron chi connectivity index (χ0n) is 18.9. The van der Waals surface area contributed by atoms with E-state index in [1.807, 2.05) is 39.0 Å². The first-order valence-electron chi connectivity index (χ1n) is 11.1. The van der Waals surface area contributed by atoms with E-state index in [4.69, 9.17) is 9.47 Å². The first-order chi connectivity index (χ1) is 14.0. The molecule has 162 valence electrons.